The van der Waals surface area contributed by atoms with Crippen LogP contribution in [-0.2, 0) is 11.2 Å². The van der Waals surface area contributed by atoms with Crippen molar-refractivity contribution in [1.82, 2.24) is 10.1 Å². The molecule has 1 aliphatic carbocycles. The van der Waals surface area contributed by atoms with Crippen LogP contribution in [0, 0.1) is 0 Å². The number of benzene rings is 1. The van der Waals surface area contributed by atoms with Gasteiger partial charge in [0.25, 0.3) is 0 Å². The molecule has 8 nitrogen and oxygen atoms in total. The molecule has 0 spiro atoms. The number of hydrogen-bond donors (Lipinski definition) is 2. The number of nitrogens with one attached hydrogen (secondary N) is 1. The number of nitrogens with zero attached hydrogens (tertiary/aromatic N) is 2. The summed E-state index contributed by atoms with van der Waals surface area (Å²) in [5, 5.41) is 15.7. The largest absolute Gasteiger partial charge is 0.496 e. The van der Waals surface area contributed by atoms with Gasteiger partial charge in [-0.25, -0.2) is 4.79 Å². The van der Waals surface area contributed by atoms with E-state index < -0.39 is 5.97 Å². The minimum Gasteiger partial charge on any atom is -0.496 e. The minimum absolute atomic E-state index is 0.0448. The molecule has 1 amide bonds. The molecular weight excluding hydrogens is 326 g/mol. The van der Waals surface area contributed by atoms with Crippen molar-refractivity contribution in [3.05, 3.63) is 35.5 Å². The molecule has 8 heteroatoms. The number of carboxylic acid groups (broad SMARTS) is 1. The Kier molecular flexibility index (Phi) is 4.97. The summed E-state index contributed by atoms with van der Waals surface area (Å²) < 4.78 is 10.2. The van der Waals surface area contributed by atoms with Gasteiger partial charge in [-0.05, 0) is 31.4 Å². The van der Waals surface area contributed by atoms with Crippen LogP contribution in [0.4, 0.5) is 5.69 Å². The van der Waals surface area contributed by atoms with Crippen LogP contribution >= 0.6 is 0 Å². The van der Waals surface area contributed by atoms with Crippen molar-refractivity contribution in [3.63, 3.8) is 0 Å². The lowest BCUT2D eigenvalue weighted by Crippen LogP contribution is -2.12. The number of carbonyl (C=O) groups is 2. The first-order valence-electron chi connectivity index (χ1n) is 8.10. The monoisotopic (exact) mass is 345 g/mol. The van der Waals surface area contributed by atoms with Gasteiger partial charge >= 0.3 is 5.97 Å². The van der Waals surface area contributed by atoms with Crippen LogP contribution in [0.5, 0.6) is 5.75 Å². The van der Waals surface area contributed by atoms with E-state index in [9.17, 15) is 9.59 Å². The molecule has 0 radical (unpaired) electrons. The van der Waals surface area contributed by atoms with Crippen LogP contribution in [0.25, 0.3) is 0 Å². The van der Waals surface area contributed by atoms with Gasteiger partial charge in [-0.15, -0.1) is 0 Å². The van der Waals surface area contributed by atoms with Crippen molar-refractivity contribution in [1.29, 1.82) is 0 Å². The fourth-order valence-electron chi connectivity index (χ4n) is 2.45. The van der Waals surface area contributed by atoms with Gasteiger partial charge in [0.05, 0.1) is 7.11 Å². The number of methoxy groups -OCH3 is 1. The second-order valence-electron chi connectivity index (χ2n) is 5.94. The molecule has 1 aliphatic rings. The first-order chi connectivity index (χ1) is 12.1. The predicted octanol–water partition coefficient (Wildman–Crippen LogP) is 2.62. The molecule has 1 aromatic heterocycles. The number of hydrogen-bond acceptors (Lipinski definition) is 6. The van der Waals surface area contributed by atoms with Gasteiger partial charge in [-0.3, -0.25) is 4.79 Å². The van der Waals surface area contributed by atoms with Crippen molar-refractivity contribution in [2.24, 2.45) is 0 Å². The second-order valence-corrected chi connectivity index (χ2v) is 5.94. The predicted molar refractivity (Wildman–Crippen MR) is 87.8 cm³/mol. The van der Waals surface area contributed by atoms with Gasteiger partial charge in [0.1, 0.15) is 11.3 Å². The molecule has 1 aromatic carbocycles. The number of carboxylic acids is 1. The summed E-state index contributed by atoms with van der Waals surface area (Å²) in [6.07, 6.45) is 3.66. The Labute approximate surface area is 144 Å². The third-order valence-electron chi connectivity index (χ3n) is 3.94. The van der Waals surface area contributed by atoms with E-state index in [1.807, 2.05) is 0 Å². The van der Waals surface area contributed by atoms with Crippen LogP contribution < -0.4 is 10.1 Å². The molecule has 132 valence electrons. The molecule has 2 N–H and O–H groups in total. The summed E-state index contributed by atoms with van der Waals surface area (Å²) in [6.45, 7) is 0. The summed E-state index contributed by atoms with van der Waals surface area (Å²) in [5.41, 5.74) is 0.531. The minimum atomic E-state index is -1.08. The standard InChI is InChI=1S/C17H19N3O5/c1-24-13-9-11(7-8-12(13)17(22)23)18-14(21)3-2-4-15-19-16(20-25-15)10-5-6-10/h7-10H,2-6H2,1H3,(H,18,21)(H,22,23). The number of ether oxygens (including phenoxy) is 1. The fourth-order valence-corrected chi connectivity index (χ4v) is 2.45. The highest BCUT2D eigenvalue weighted by Gasteiger charge is 2.28. The van der Waals surface area contributed by atoms with E-state index in [0.29, 0.717) is 36.8 Å². The number of aromatic nitrogens is 2. The quantitative estimate of drug-likeness (QED) is 0.755. The van der Waals surface area contributed by atoms with Crippen molar-refractivity contribution in [2.75, 3.05) is 12.4 Å². The van der Waals surface area contributed by atoms with Gasteiger partial charge in [-0.2, -0.15) is 4.98 Å². The van der Waals surface area contributed by atoms with Crippen LogP contribution in [0.3, 0.4) is 0 Å². The number of aryl methyl sites for hydroxylation is 1. The Balaban J connectivity index is 1.49. The Morgan fingerprint density at radius 2 is 2.20 bits per heavy atom. The third kappa shape index (κ3) is 4.34. The number of carbonyl (C=O) groups excluding carboxylic acids is 1. The molecule has 0 bridgehead atoms. The zero-order valence-electron chi connectivity index (χ0n) is 13.8. The van der Waals surface area contributed by atoms with Gasteiger partial charge in [0.15, 0.2) is 5.82 Å². The number of anilines is 1. The van der Waals surface area contributed by atoms with Crippen LogP contribution in [-0.4, -0.2) is 34.2 Å². The second kappa shape index (κ2) is 7.33. The Hall–Kier alpha value is -2.90. The topological polar surface area (TPSA) is 115 Å². The van der Waals surface area contributed by atoms with Crippen molar-refractivity contribution in [2.45, 2.75) is 38.0 Å². The Morgan fingerprint density at radius 1 is 1.40 bits per heavy atom. The fraction of sp³-hybridized carbons (Fsp3) is 0.412. The van der Waals surface area contributed by atoms with E-state index >= 15 is 0 Å². The molecule has 1 heterocycles. The van der Waals surface area contributed by atoms with E-state index in [1.54, 1.807) is 0 Å². The van der Waals surface area contributed by atoms with Gasteiger partial charge in [0.2, 0.25) is 11.8 Å². The van der Waals surface area contributed by atoms with E-state index in [-0.39, 0.29) is 17.2 Å². The highest BCUT2D eigenvalue weighted by molar-refractivity contribution is 5.94. The number of aromatic carboxylic acids is 1. The Bertz CT molecular complexity index is 782. The van der Waals surface area contributed by atoms with Gasteiger partial charge in [0, 0.05) is 30.5 Å². The molecule has 0 atom stereocenters. The smallest absolute Gasteiger partial charge is 0.339 e. The lowest BCUT2D eigenvalue weighted by atomic mass is 10.1. The number of amides is 1. The van der Waals surface area contributed by atoms with Gasteiger partial charge in [-0.1, -0.05) is 5.16 Å². The normalized spacial score (nSPS) is 13.5. The average molecular weight is 345 g/mol. The van der Waals surface area contributed by atoms with E-state index in [2.05, 4.69) is 15.5 Å². The lowest BCUT2D eigenvalue weighted by molar-refractivity contribution is -0.116. The summed E-state index contributed by atoms with van der Waals surface area (Å²) in [7, 11) is 1.38. The van der Waals surface area contributed by atoms with E-state index in [1.165, 1.54) is 25.3 Å². The molecule has 0 aliphatic heterocycles. The van der Waals surface area contributed by atoms with Crippen molar-refractivity contribution >= 4 is 17.6 Å². The third-order valence-corrected chi connectivity index (χ3v) is 3.94. The number of rotatable bonds is 8. The van der Waals surface area contributed by atoms with Crippen molar-refractivity contribution < 1.29 is 24.0 Å². The highest BCUT2D eigenvalue weighted by atomic mass is 16.5. The van der Waals surface area contributed by atoms with E-state index in [0.717, 1.165) is 18.7 Å². The maximum Gasteiger partial charge on any atom is 0.339 e. The van der Waals surface area contributed by atoms with Gasteiger partial charge < -0.3 is 19.7 Å². The molecule has 2 aromatic rings. The molecule has 25 heavy (non-hydrogen) atoms. The SMILES string of the molecule is COc1cc(NC(=O)CCCc2nc(C3CC3)no2)ccc1C(=O)O. The molecule has 1 saturated carbocycles. The highest BCUT2D eigenvalue weighted by Crippen LogP contribution is 2.38. The summed E-state index contributed by atoms with van der Waals surface area (Å²) in [5.74, 6) is 0.715. The summed E-state index contributed by atoms with van der Waals surface area (Å²) in [6, 6.07) is 4.42. The van der Waals surface area contributed by atoms with Crippen LogP contribution in [0.15, 0.2) is 22.7 Å². The lowest BCUT2D eigenvalue weighted by Gasteiger charge is -2.09. The zero-order chi connectivity index (χ0) is 17.8. The first-order valence-corrected chi connectivity index (χ1v) is 8.10. The average Bonchev–Trinajstić information content (AvgIpc) is 3.34. The first kappa shape index (κ1) is 16.9. The maximum atomic E-state index is 12.0. The van der Waals surface area contributed by atoms with Crippen LogP contribution in [0.2, 0.25) is 0 Å². The van der Waals surface area contributed by atoms with Crippen LogP contribution in [0.1, 0.15) is 53.7 Å². The summed E-state index contributed by atoms with van der Waals surface area (Å²) >= 11 is 0. The Morgan fingerprint density at radius 3 is 2.88 bits per heavy atom. The molecule has 3 rings (SSSR count). The van der Waals surface area contributed by atoms with E-state index in [4.69, 9.17) is 14.4 Å². The summed E-state index contributed by atoms with van der Waals surface area (Å²) in [4.78, 5) is 27.4. The molecule has 1 fully saturated rings. The molecule has 0 unspecified atom stereocenters. The molecular formula is C17H19N3O5. The molecule has 0 saturated heterocycles. The van der Waals surface area contributed by atoms with Crippen molar-refractivity contribution in [3.8, 4) is 5.75 Å². The zero-order valence-corrected chi connectivity index (χ0v) is 13.8. The maximum absolute atomic E-state index is 12.0.